The average Bonchev–Trinajstić information content (AvgIpc) is 2.16. The van der Waals surface area contributed by atoms with Gasteiger partial charge in [-0.15, -0.1) is 0 Å². The maximum absolute atomic E-state index is 9.72. The maximum Gasteiger partial charge on any atom is 0.0900 e. The topological polar surface area (TPSA) is 32.7 Å². The zero-order chi connectivity index (χ0) is 12.1. The Kier molecular flexibility index (Phi) is 5.73. The van der Waals surface area contributed by atoms with E-state index in [1.54, 1.807) is 7.11 Å². The Morgan fingerprint density at radius 1 is 1.25 bits per heavy atom. The third-order valence-corrected chi connectivity index (χ3v) is 3.63. The van der Waals surface area contributed by atoms with E-state index in [-0.39, 0.29) is 6.10 Å². The molecule has 0 heterocycles. The lowest BCUT2D eigenvalue weighted by Gasteiger charge is -2.38. The standard InChI is InChI=1S/C13H27NO2/c1-10-5-11(2)7-12(6-10)14(3)8-13(15)9-16-4/h10-13,15H,5-9H2,1-4H3/t10-,11-,13-/m1/s1. The van der Waals surface area contributed by atoms with Crippen LogP contribution in [0.5, 0.6) is 0 Å². The number of rotatable bonds is 5. The van der Waals surface area contributed by atoms with Crippen molar-refractivity contribution in [1.82, 2.24) is 4.90 Å². The largest absolute Gasteiger partial charge is 0.389 e. The van der Waals surface area contributed by atoms with Gasteiger partial charge in [-0.25, -0.2) is 0 Å². The zero-order valence-electron chi connectivity index (χ0n) is 11.1. The quantitative estimate of drug-likeness (QED) is 0.779. The van der Waals surface area contributed by atoms with Crippen molar-refractivity contribution in [3.63, 3.8) is 0 Å². The molecular formula is C13H27NO2. The summed E-state index contributed by atoms with van der Waals surface area (Å²) < 4.78 is 4.96. The Bertz CT molecular complexity index is 188. The van der Waals surface area contributed by atoms with Crippen LogP contribution in [0.1, 0.15) is 33.1 Å². The molecule has 0 bridgehead atoms. The first-order chi connectivity index (χ1) is 7.52. The molecule has 0 aromatic heterocycles. The second-order valence-electron chi connectivity index (χ2n) is 5.62. The third-order valence-electron chi connectivity index (χ3n) is 3.63. The number of aliphatic hydroxyl groups is 1. The highest BCUT2D eigenvalue weighted by Gasteiger charge is 2.27. The minimum atomic E-state index is -0.359. The fourth-order valence-electron chi connectivity index (χ4n) is 2.99. The molecule has 0 aliphatic heterocycles. The minimum Gasteiger partial charge on any atom is -0.389 e. The monoisotopic (exact) mass is 229 g/mol. The van der Waals surface area contributed by atoms with Crippen LogP contribution in [0.25, 0.3) is 0 Å². The highest BCUT2D eigenvalue weighted by Crippen LogP contribution is 2.30. The Labute approximate surface area is 99.8 Å². The van der Waals surface area contributed by atoms with Gasteiger partial charge in [0, 0.05) is 19.7 Å². The molecule has 1 saturated carbocycles. The van der Waals surface area contributed by atoms with Gasteiger partial charge in [-0.3, -0.25) is 0 Å². The van der Waals surface area contributed by atoms with Crippen LogP contribution in [0.15, 0.2) is 0 Å². The van der Waals surface area contributed by atoms with Gasteiger partial charge in [-0.05, 0) is 38.1 Å². The smallest absolute Gasteiger partial charge is 0.0900 e. The van der Waals surface area contributed by atoms with Crippen molar-refractivity contribution in [3.05, 3.63) is 0 Å². The Hall–Kier alpha value is -0.120. The lowest BCUT2D eigenvalue weighted by molar-refractivity contribution is 0.0232. The summed E-state index contributed by atoms with van der Waals surface area (Å²) in [6, 6.07) is 0.630. The van der Waals surface area contributed by atoms with Crippen LogP contribution in [-0.4, -0.2) is 49.5 Å². The van der Waals surface area contributed by atoms with Crippen LogP contribution in [0.3, 0.4) is 0 Å². The molecule has 96 valence electrons. The number of methoxy groups -OCH3 is 1. The summed E-state index contributed by atoms with van der Waals surface area (Å²) in [6.45, 7) is 5.82. The van der Waals surface area contributed by atoms with Gasteiger partial charge in [0.05, 0.1) is 12.7 Å². The Balaban J connectivity index is 2.37. The van der Waals surface area contributed by atoms with Crippen LogP contribution < -0.4 is 0 Å². The fourth-order valence-corrected chi connectivity index (χ4v) is 2.99. The molecule has 3 nitrogen and oxygen atoms in total. The summed E-state index contributed by atoms with van der Waals surface area (Å²) in [7, 11) is 3.75. The molecule has 0 amide bonds. The summed E-state index contributed by atoms with van der Waals surface area (Å²) in [5.74, 6) is 1.63. The highest BCUT2D eigenvalue weighted by atomic mass is 16.5. The second-order valence-corrected chi connectivity index (χ2v) is 5.62. The van der Waals surface area contributed by atoms with E-state index in [0.717, 1.165) is 18.4 Å². The molecule has 0 radical (unpaired) electrons. The van der Waals surface area contributed by atoms with Gasteiger partial charge in [0.1, 0.15) is 0 Å². The normalized spacial score (nSPS) is 33.0. The molecule has 1 rings (SSSR count). The molecule has 0 aromatic carbocycles. The van der Waals surface area contributed by atoms with Crippen LogP contribution in [-0.2, 0) is 4.74 Å². The van der Waals surface area contributed by atoms with Gasteiger partial charge < -0.3 is 14.7 Å². The maximum atomic E-state index is 9.72. The summed E-state index contributed by atoms with van der Waals surface area (Å²) in [6.07, 6.45) is 3.52. The number of nitrogens with zero attached hydrogens (tertiary/aromatic N) is 1. The number of likely N-dealkylation sites (N-methyl/N-ethyl adjacent to an activating group) is 1. The number of aliphatic hydroxyl groups excluding tert-OH is 1. The molecule has 16 heavy (non-hydrogen) atoms. The van der Waals surface area contributed by atoms with Crippen molar-refractivity contribution in [1.29, 1.82) is 0 Å². The molecule has 0 aromatic rings. The molecule has 1 N–H and O–H groups in total. The van der Waals surface area contributed by atoms with Gasteiger partial charge >= 0.3 is 0 Å². The van der Waals surface area contributed by atoms with Crippen LogP contribution >= 0.6 is 0 Å². The molecule has 1 fully saturated rings. The zero-order valence-corrected chi connectivity index (χ0v) is 11.1. The minimum absolute atomic E-state index is 0.359. The highest BCUT2D eigenvalue weighted by molar-refractivity contribution is 4.81. The molecule has 3 heteroatoms. The van der Waals surface area contributed by atoms with Crippen LogP contribution in [0.2, 0.25) is 0 Å². The van der Waals surface area contributed by atoms with E-state index >= 15 is 0 Å². The van der Waals surface area contributed by atoms with Gasteiger partial charge in [0.15, 0.2) is 0 Å². The molecule has 0 saturated heterocycles. The van der Waals surface area contributed by atoms with Crippen molar-refractivity contribution >= 4 is 0 Å². The average molecular weight is 229 g/mol. The Morgan fingerprint density at radius 3 is 2.31 bits per heavy atom. The third kappa shape index (κ3) is 4.40. The van der Waals surface area contributed by atoms with Crippen molar-refractivity contribution in [2.24, 2.45) is 11.8 Å². The lowest BCUT2D eigenvalue weighted by Crippen LogP contribution is -2.42. The van der Waals surface area contributed by atoms with E-state index in [0.29, 0.717) is 12.6 Å². The van der Waals surface area contributed by atoms with E-state index < -0.39 is 0 Å². The molecule has 1 aliphatic carbocycles. The van der Waals surface area contributed by atoms with Crippen LogP contribution in [0, 0.1) is 11.8 Å². The molecule has 0 unspecified atom stereocenters. The summed E-state index contributed by atoms with van der Waals surface area (Å²) in [4.78, 5) is 2.30. The van der Waals surface area contributed by atoms with Gasteiger partial charge in [0.25, 0.3) is 0 Å². The van der Waals surface area contributed by atoms with E-state index in [1.165, 1.54) is 19.3 Å². The number of hydrogen-bond acceptors (Lipinski definition) is 3. The van der Waals surface area contributed by atoms with Crippen molar-refractivity contribution < 1.29 is 9.84 Å². The molecule has 0 spiro atoms. The first kappa shape index (κ1) is 13.9. The summed E-state index contributed by atoms with van der Waals surface area (Å²) in [5.41, 5.74) is 0. The molecule has 1 aliphatic rings. The molecule has 3 atom stereocenters. The van der Waals surface area contributed by atoms with E-state index in [9.17, 15) is 5.11 Å². The SMILES string of the molecule is COC[C@H](O)CN(C)C1C[C@H](C)C[C@@H](C)C1. The predicted molar refractivity (Wildman–Crippen MR) is 66.5 cm³/mol. The number of ether oxygens (including phenoxy) is 1. The predicted octanol–water partition coefficient (Wildman–Crippen LogP) is 1.75. The summed E-state index contributed by atoms with van der Waals surface area (Å²) >= 11 is 0. The Morgan fingerprint density at radius 2 is 1.81 bits per heavy atom. The van der Waals surface area contributed by atoms with Crippen molar-refractivity contribution in [3.8, 4) is 0 Å². The second kappa shape index (κ2) is 6.58. The first-order valence-corrected chi connectivity index (χ1v) is 6.40. The van der Waals surface area contributed by atoms with Gasteiger partial charge in [-0.2, -0.15) is 0 Å². The lowest BCUT2D eigenvalue weighted by atomic mass is 9.80. The van der Waals surface area contributed by atoms with Crippen molar-refractivity contribution in [2.45, 2.75) is 45.3 Å². The van der Waals surface area contributed by atoms with E-state index in [1.807, 2.05) is 0 Å². The van der Waals surface area contributed by atoms with Gasteiger partial charge in [-0.1, -0.05) is 13.8 Å². The van der Waals surface area contributed by atoms with Crippen LogP contribution in [0.4, 0.5) is 0 Å². The molecular weight excluding hydrogens is 202 g/mol. The van der Waals surface area contributed by atoms with E-state index in [4.69, 9.17) is 4.74 Å². The van der Waals surface area contributed by atoms with Crippen molar-refractivity contribution in [2.75, 3.05) is 27.3 Å². The number of hydrogen-bond donors (Lipinski definition) is 1. The first-order valence-electron chi connectivity index (χ1n) is 6.40. The van der Waals surface area contributed by atoms with E-state index in [2.05, 4.69) is 25.8 Å². The fraction of sp³-hybridized carbons (Fsp3) is 1.00. The summed E-state index contributed by atoms with van der Waals surface area (Å²) in [5, 5.41) is 9.72. The van der Waals surface area contributed by atoms with Gasteiger partial charge in [0.2, 0.25) is 0 Å².